The third-order valence-electron chi connectivity index (χ3n) is 2.76. The molecule has 0 aliphatic heterocycles. The third-order valence-corrected chi connectivity index (χ3v) is 2.76. The van der Waals surface area contributed by atoms with E-state index in [-0.39, 0.29) is 0 Å². The molecule has 0 N–H and O–H groups in total. The maximum Gasteiger partial charge on any atom is 0.419 e. The van der Waals surface area contributed by atoms with Crippen LogP contribution in [0.25, 0.3) is 10.9 Å². The molecule has 0 bridgehead atoms. The number of hydrogen-bond acceptors (Lipinski definition) is 4. The first-order valence-electron chi connectivity index (χ1n) is 6.24. The molecule has 106 valence electrons. The van der Waals surface area contributed by atoms with E-state index in [0.29, 0.717) is 28.5 Å². The van der Waals surface area contributed by atoms with Gasteiger partial charge in [0.15, 0.2) is 6.29 Å². The predicted molar refractivity (Wildman–Crippen MR) is 75.5 cm³/mol. The molecule has 0 aliphatic carbocycles. The molecule has 0 spiro atoms. The fourth-order valence-corrected chi connectivity index (χ4v) is 2.01. The van der Waals surface area contributed by atoms with Crippen molar-refractivity contribution in [2.45, 2.75) is 26.4 Å². The predicted octanol–water partition coefficient (Wildman–Crippen LogP) is 3.25. The van der Waals surface area contributed by atoms with Gasteiger partial charge in [0.05, 0.1) is 18.0 Å². The minimum Gasteiger partial charge on any atom is -0.496 e. The van der Waals surface area contributed by atoms with Gasteiger partial charge in [-0.25, -0.2) is 4.79 Å². The molecule has 0 radical (unpaired) electrons. The Kier molecular flexibility index (Phi) is 3.53. The molecule has 2 aromatic rings. The molecule has 0 saturated heterocycles. The van der Waals surface area contributed by atoms with Gasteiger partial charge in [-0.15, -0.1) is 0 Å². The van der Waals surface area contributed by atoms with E-state index in [2.05, 4.69) is 0 Å². The Hall–Kier alpha value is -2.30. The van der Waals surface area contributed by atoms with E-state index in [4.69, 9.17) is 9.47 Å². The molecule has 0 aliphatic rings. The Morgan fingerprint density at radius 3 is 2.55 bits per heavy atom. The summed E-state index contributed by atoms with van der Waals surface area (Å²) in [6.07, 6.45) is 1.64. The van der Waals surface area contributed by atoms with Crippen LogP contribution in [0.1, 0.15) is 31.1 Å². The maximum absolute atomic E-state index is 12.2. The molecule has 1 aromatic carbocycles. The van der Waals surface area contributed by atoms with Crippen molar-refractivity contribution in [3.63, 3.8) is 0 Å². The van der Waals surface area contributed by atoms with E-state index >= 15 is 0 Å². The van der Waals surface area contributed by atoms with Crippen LogP contribution in [0.4, 0.5) is 4.79 Å². The zero-order valence-corrected chi connectivity index (χ0v) is 12.0. The molecule has 0 amide bonds. The largest absolute Gasteiger partial charge is 0.496 e. The van der Waals surface area contributed by atoms with Crippen molar-refractivity contribution < 1.29 is 19.1 Å². The summed E-state index contributed by atoms with van der Waals surface area (Å²) in [4.78, 5) is 23.4. The summed E-state index contributed by atoms with van der Waals surface area (Å²) >= 11 is 0. The van der Waals surface area contributed by atoms with Gasteiger partial charge in [0.1, 0.15) is 11.4 Å². The summed E-state index contributed by atoms with van der Waals surface area (Å²) in [5, 5.41) is 0.607. The van der Waals surface area contributed by atoms with Gasteiger partial charge in [-0.05, 0) is 32.9 Å². The molecule has 0 atom stereocenters. The van der Waals surface area contributed by atoms with Crippen molar-refractivity contribution >= 4 is 23.3 Å². The van der Waals surface area contributed by atoms with Gasteiger partial charge in [-0.2, -0.15) is 0 Å². The topological polar surface area (TPSA) is 57.5 Å². The Labute approximate surface area is 117 Å². The van der Waals surface area contributed by atoms with Gasteiger partial charge in [0.25, 0.3) is 0 Å². The number of fused-ring (bicyclic) bond motifs is 1. The first kappa shape index (κ1) is 14.1. The Bertz CT molecular complexity index is 664. The van der Waals surface area contributed by atoms with Crippen LogP contribution in [0.5, 0.6) is 5.75 Å². The van der Waals surface area contributed by atoms with E-state index in [1.807, 2.05) is 0 Å². The molecule has 5 nitrogen and oxygen atoms in total. The van der Waals surface area contributed by atoms with Crippen LogP contribution in [-0.2, 0) is 4.74 Å². The lowest BCUT2D eigenvalue weighted by atomic mass is 10.2. The monoisotopic (exact) mass is 275 g/mol. The Morgan fingerprint density at radius 2 is 2.00 bits per heavy atom. The van der Waals surface area contributed by atoms with Crippen LogP contribution >= 0.6 is 0 Å². The molecule has 0 unspecified atom stereocenters. The SMILES string of the molecule is COc1cccc2c1c(C=O)cn2C(=O)OC(C)(C)C. The summed E-state index contributed by atoms with van der Waals surface area (Å²) < 4.78 is 11.9. The quantitative estimate of drug-likeness (QED) is 0.789. The molecular weight excluding hydrogens is 258 g/mol. The number of aldehydes is 1. The second kappa shape index (κ2) is 5.00. The normalized spacial score (nSPS) is 11.4. The smallest absolute Gasteiger partial charge is 0.419 e. The highest BCUT2D eigenvalue weighted by atomic mass is 16.6. The number of hydrogen-bond donors (Lipinski definition) is 0. The Balaban J connectivity index is 2.61. The fraction of sp³-hybridized carbons (Fsp3) is 0.333. The van der Waals surface area contributed by atoms with Gasteiger partial charge < -0.3 is 9.47 Å². The lowest BCUT2D eigenvalue weighted by molar-refractivity contribution is 0.0544. The molecular formula is C15H17NO4. The maximum atomic E-state index is 12.2. The number of aromatic nitrogens is 1. The van der Waals surface area contributed by atoms with E-state index in [9.17, 15) is 9.59 Å². The van der Waals surface area contributed by atoms with Gasteiger partial charge >= 0.3 is 6.09 Å². The van der Waals surface area contributed by atoms with Crippen molar-refractivity contribution in [1.29, 1.82) is 0 Å². The number of benzene rings is 1. The van der Waals surface area contributed by atoms with Gasteiger partial charge in [0.2, 0.25) is 0 Å². The lowest BCUT2D eigenvalue weighted by Gasteiger charge is -2.19. The standard InChI is InChI=1S/C15H17NO4/c1-15(2,3)20-14(18)16-8-10(9-17)13-11(16)6-5-7-12(13)19-4/h5-9H,1-4H3. The second-order valence-corrected chi connectivity index (χ2v) is 5.41. The average molecular weight is 275 g/mol. The summed E-state index contributed by atoms with van der Waals surface area (Å²) in [5.41, 5.74) is 0.373. The Morgan fingerprint density at radius 1 is 1.30 bits per heavy atom. The number of rotatable bonds is 2. The van der Waals surface area contributed by atoms with Crippen molar-refractivity contribution in [2.24, 2.45) is 0 Å². The highest BCUT2D eigenvalue weighted by Gasteiger charge is 2.21. The molecule has 0 saturated carbocycles. The number of nitrogens with zero attached hydrogens (tertiary/aromatic N) is 1. The van der Waals surface area contributed by atoms with Gasteiger partial charge in [-0.3, -0.25) is 9.36 Å². The second-order valence-electron chi connectivity index (χ2n) is 5.41. The summed E-state index contributed by atoms with van der Waals surface area (Å²) in [6.45, 7) is 5.37. The zero-order valence-electron chi connectivity index (χ0n) is 12.0. The first-order chi connectivity index (χ1) is 9.37. The third kappa shape index (κ3) is 2.52. The molecule has 2 rings (SSSR count). The minimum atomic E-state index is -0.603. The van der Waals surface area contributed by atoms with Crippen LogP contribution in [0.15, 0.2) is 24.4 Å². The minimum absolute atomic E-state index is 0.392. The summed E-state index contributed by atoms with van der Waals surface area (Å²) in [7, 11) is 1.52. The van der Waals surface area contributed by atoms with Crippen LogP contribution in [-0.4, -0.2) is 29.7 Å². The average Bonchev–Trinajstić information content (AvgIpc) is 2.75. The number of ether oxygens (including phenoxy) is 2. The van der Waals surface area contributed by atoms with Crippen molar-refractivity contribution in [3.8, 4) is 5.75 Å². The van der Waals surface area contributed by atoms with Crippen molar-refractivity contribution in [2.75, 3.05) is 7.11 Å². The zero-order chi connectivity index (χ0) is 14.9. The molecule has 1 aromatic heterocycles. The van der Waals surface area contributed by atoms with Crippen LogP contribution < -0.4 is 4.74 Å². The van der Waals surface area contributed by atoms with Crippen molar-refractivity contribution in [1.82, 2.24) is 4.57 Å². The molecule has 0 fully saturated rings. The van der Waals surface area contributed by atoms with Gasteiger partial charge in [-0.1, -0.05) is 6.07 Å². The number of methoxy groups -OCH3 is 1. The molecule has 1 heterocycles. The number of carbonyl (C=O) groups excluding carboxylic acids is 2. The fourth-order valence-electron chi connectivity index (χ4n) is 2.01. The van der Waals surface area contributed by atoms with Gasteiger partial charge in [0, 0.05) is 11.8 Å². The lowest BCUT2D eigenvalue weighted by Crippen LogP contribution is -2.26. The highest BCUT2D eigenvalue weighted by Crippen LogP contribution is 2.30. The molecule has 20 heavy (non-hydrogen) atoms. The van der Waals surface area contributed by atoms with E-state index in [1.54, 1.807) is 39.0 Å². The summed E-state index contributed by atoms with van der Waals surface area (Å²) in [6, 6.07) is 5.25. The van der Waals surface area contributed by atoms with Crippen LogP contribution in [0.2, 0.25) is 0 Å². The van der Waals surface area contributed by atoms with E-state index in [1.165, 1.54) is 17.9 Å². The highest BCUT2D eigenvalue weighted by molar-refractivity contribution is 6.04. The van der Waals surface area contributed by atoms with Crippen molar-refractivity contribution in [3.05, 3.63) is 30.0 Å². The van der Waals surface area contributed by atoms with Crippen LogP contribution in [0.3, 0.4) is 0 Å². The summed E-state index contributed by atoms with van der Waals surface area (Å²) in [5.74, 6) is 0.548. The molecule has 5 heteroatoms. The van der Waals surface area contributed by atoms with E-state index < -0.39 is 11.7 Å². The first-order valence-corrected chi connectivity index (χ1v) is 6.24. The van der Waals surface area contributed by atoms with E-state index in [0.717, 1.165) is 0 Å². The van der Waals surface area contributed by atoms with Crippen LogP contribution in [0, 0.1) is 0 Å². The number of carbonyl (C=O) groups is 2.